The van der Waals surface area contributed by atoms with Crippen LogP contribution in [0.4, 0.5) is 8.78 Å². The van der Waals surface area contributed by atoms with E-state index in [2.05, 4.69) is 0 Å². The zero-order valence-electron chi connectivity index (χ0n) is 11.4. The molecule has 0 fully saturated rings. The minimum absolute atomic E-state index is 0.0670. The number of amides is 1. The van der Waals surface area contributed by atoms with E-state index in [9.17, 15) is 13.6 Å². The third kappa shape index (κ3) is 4.06. The van der Waals surface area contributed by atoms with E-state index in [-0.39, 0.29) is 18.7 Å². The van der Waals surface area contributed by atoms with E-state index in [1.807, 2.05) is 0 Å². The number of methoxy groups -OCH3 is 2. The van der Waals surface area contributed by atoms with E-state index in [4.69, 9.17) is 15.2 Å². The maximum atomic E-state index is 12.5. The van der Waals surface area contributed by atoms with Gasteiger partial charge in [-0.3, -0.25) is 4.79 Å². The Labute approximate surface area is 116 Å². The summed E-state index contributed by atoms with van der Waals surface area (Å²) in [6.45, 7) is -0.465. The maximum Gasteiger partial charge on any atom is 0.255 e. The van der Waals surface area contributed by atoms with E-state index in [0.29, 0.717) is 11.5 Å². The molecule has 112 valence electrons. The molecule has 0 radical (unpaired) electrons. The third-order valence-electron chi connectivity index (χ3n) is 2.68. The van der Waals surface area contributed by atoms with Crippen molar-refractivity contribution in [1.29, 1.82) is 0 Å². The highest BCUT2D eigenvalue weighted by atomic mass is 19.3. The van der Waals surface area contributed by atoms with Crippen molar-refractivity contribution in [2.75, 3.05) is 33.9 Å². The lowest BCUT2D eigenvalue weighted by molar-refractivity contribution is 0.0562. The van der Waals surface area contributed by atoms with Gasteiger partial charge in [0.25, 0.3) is 12.3 Å². The smallest absolute Gasteiger partial charge is 0.255 e. The van der Waals surface area contributed by atoms with Gasteiger partial charge in [0.1, 0.15) is 0 Å². The number of nitrogens with two attached hydrogens (primary N) is 1. The average Bonchev–Trinajstić information content (AvgIpc) is 2.44. The molecule has 1 rings (SSSR count). The number of benzene rings is 1. The molecule has 0 saturated carbocycles. The van der Waals surface area contributed by atoms with Crippen molar-refractivity contribution in [1.82, 2.24) is 4.90 Å². The Kier molecular flexibility index (Phi) is 6.17. The lowest BCUT2D eigenvalue weighted by Gasteiger charge is -2.22. The van der Waals surface area contributed by atoms with Gasteiger partial charge in [-0.15, -0.1) is 0 Å². The molecule has 5 nitrogen and oxygen atoms in total. The van der Waals surface area contributed by atoms with E-state index in [1.165, 1.54) is 26.4 Å². The zero-order chi connectivity index (χ0) is 15.1. The molecule has 2 N–H and O–H groups in total. The predicted octanol–water partition coefficient (Wildman–Crippen LogP) is 1.37. The minimum Gasteiger partial charge on any atom is -0.493 e. The molecule has 1 amide bonds. The van der Waals surface area contributed by atoms with Gasteiger partial charge >= 0.3 is 0 Å². The number of nitrogens with zero attached hydrogens (tertiary/aromatic N) is 1. The number of ether oxygens (including phenoxy) is 2. The van der Waals surface area contributed by atoms with E-state index < -0.39 is 18.9 Å². The van der Waals surface area contributed by atoms with Gasteiger partial charge < -0.3 is 20.1 Å². The fourth-order valence-electron chi connectivity index (χ4n) is 1.75. The highest BCUT2D eigenvalue weighted by Gasteiger charge is 2.20. The molecule has 0 aliphatic heterocycles. The lowest BCUT2D eigenvalue weighted by Crippen LogP contribution is -2.38. The zero-order valence-corrected chi connectivity index (χ0v) is 11.4. The van der Waals surface area contributed by atoms with Crippen molar-refractivity contribution < 1.29 is 23.0 Å². The van der Waals surface area contributed by atoms with Gasteiger partial charge in [0.2, 0.25) is 0 Å². The first-order chi connectivity index (χ1) is 9.53. The second-order valence-corrected chi connectivity index (χ2v) is 4.00. The van der Waals surface area contributed by atoms with Crippen molar-refractivity contribution in [3.05, 3.63) is 23.8 Å². The molecule has 0 heterocycles. The number of hydrogen-bond donors (Lipinski definition) is 1. The van der Waals surface area contributed by atoms with Crippen molar-refractivity contribution in [3.8, 4) is 11.5 Å². The van der Waals surface area contributed by atoms with Crippen molar-refractivity contribution >= 4 is 5.91 Å². The van der Waals surface area contributed by atoms with Gasteiger partial charge in [-0.25, -0.2) is 8.78 Å². The molecule has 0 aromatic heterocycles. The molecular weight excluding hydrogens is 270 g/mol. The SMILES string of the molecule is COc1ccc(C(=O)N(CCN)CC(F)F)cc1OC. The summed E-state index contributed by atoms with van der Waals surface area (Å²) < 4.78 is 35.1. The van der Waals surface area contributed by atoms with E-state index in [0.717, 1.165) is 4.90 Å². The molecule has 0 unspecified atom stereocenters. The van der Waals surface area contributed by atoms with Gasteiger partial charge in [-0.1, -0.05) is 0 Å². The summed E-state index contributed by atoms with van der Waals surface area (Å²) in [7, 11) is 2.90. The molecule has 7 heteroatoms. The van der Waals surface area contributed by atoms with Gasteiger partial charge in [-0.05, 0) is 18.2 Å². The summed E-state index contributed by atoms with van der Waals surface area (Å²) in [6, 6.07) is 4.50. The van der Waals surface area contributed by atoms with E-state index >= 15 is 0 Å². The Hall–Kier alpha value is -1.89. The number of carbonyl (C=O) groups is 1. The highest BCUT2D eigenvalue weighted by Crippen LogP contribution is 2.28. The van der Waals surface area contributed by atoms with Crippen LogP contribution in [0.25, 0.3) is 0 Å². The topological polar surface area (TPSA) is 64.8 Å². The average molecular weight is 288 g/mol. The van der Waals surface area contributed by atoms with Crippen molar-refractivity contribution in [2.45, 2.75) is 6.43 Å². The van der Waals surface area contributed by atoms with Crippen LogP contribution in [0.5, 0.6) is 11.5 Å². The summed E-state index contributed by atoms with van der Waals surface area (Å²) in [5.74, 6) is 0.308. The van der Waals surface area contributed by atoms with Gasteiger partial charge in [-0.2, -0.15) is 0 Å². The summed E-state index contributed by atoms with van der Waals surface area (Å²) in [6.07, 6.45) is -2.61. The molecule has 0 bridgehead atoms. The van der Waals surface area contributed by atoms with Crippen LogP contribution >= 0.6 is 0 Å². The second kappa shape index (κ2) is 7.64. The number of halogens is 2. The van der Waals surface area contributed by atoms with Crippen LogP contribution in [-0.2, 0) is 0 Å². The monoisotopic (exact) mass is 288 g/mol. The van der Waals surface area contributed by atoms with Gasteiger partial charge in [0.05, 0.1) is 20.8 Å². The quantitative estimate of drug-likeness (QED) is 0.823. The van der Waals surface area contributed by atoms with Crippen LogP contribution in [0.1, 0.15) is 10.4 Å². The molecule has 1 aromatic rings. The number of rotatable bonds is 7. The Morgan fingerprint density at radius 3 is 2.45 bits per heavy atom. The fourth-order valence-corrected chi connectivity index (χ4v) is 1.75. The Balaban J connectivity index is 2.99. The first-order valence-electron chi connectivity index (χ1n) is 6.03. The third-order valence-corrected chi connectivity index (χ3v) is 2.68. The standard InChI is InChI=1S/C13H18F2N2O3/c1-19-10-4-3-9(7-11(10)20-2)13(18)17(6-5-16)8-12(14)15/h3-4,7,12H,5-6,8,16H2,1-2H3. The van der Waals surface area contributed by atoms with Crippen LogP contribution in [0.3, 0.4) is 0 Å². The molecule has 0 aliphatic rings. The van der Waals surface area contributed by atoms with Crippen LogP contribution in [0, 0.1) is 0 Å². The lowest BCUT2D eigenvalue weighted by atomic mass is 10.1. The molecule has 20 heavy (non-hydrogen) atoms. The van der Waals surface area contributed by atoms with Crippen LogP contribution in [0.15, 0.2) is 18.2 Å². The normalized spacial score (nSPS) is 10.5. The molecular formula is C13H18F2N2O3. The fraction of sp³-hybridized carbons (Fsp3) is 0.462. The summed E-state index contributed by atoms with van der Waals surface area (Å²) in [5, 5.41) is 0. The summed E-state index contributed by atoms with van der Waals surface area (Å²) in [5.41, 5.74) is 5.59. The first-order valence-corrected chi connectivity index (χ1v) is 6.03. The maximum absolute atomic E-state index is 12.5. The Bertz CT molecular complexity index is 455. The van der Waals surface area contributed by atoms with E-state index in [1.54, 1.807) is 6.07 Å². The first kappa shape index (κ1) is 16.2. The predicted molar refractivity (Wildman–Crippen MR) is 70.5 cm³/mol. The van der Waals surface area contributed by atoms with Gasteiger partial charge in [0, 0.05) is 18.7 Å². The van der Waals surface area contributed by atoms with Crippen LogP contribution < -0.4 is 15.2 Å². The largest absolute Gasteiger partial charge is 0.493 e. The summed E-state index contributed by atoms with van der Waals surface area (Å²) in [4.78, 5) is 13.2. The summed E-state index contributed by atoms with van der Waals surface area (Å²) >= 11 is 0. The number of alkyl halides is 2. The molecule has 0 atom stereocenters. The molecule has 0 aliphatic carbocycles. The second-order valence-electron chi connectivity index (χ2n) is 4.00. The van der Waals surface area contributed by atoms with Crippen molar-refractivity contribution in [3.63, 3.8) is 0 Å². The highest BCUT2D eigenvalue weighted by molar-refractivity contribution is 5.95. The molecule has 0 saturated heterocycles. The van der Waals surface area contributed by atoms with Crippen LogP contribution in [0.2, 0.25) is 0 Å². The number of hydrogen-bond acceptors (Lipinski definition) is 4. The molecule has 0 spiro atoms. The molecule has 1 aromatic carbocycles. The Morgan fingerprint density at radius 1 is 1.30 bits per heavy atom. The van der Waals surface area contributed by atoms with Crippen molar-refractivity contribution in [2.24, 2.45) is 5.73 Å². The minimum atomic E-state index is -2.61. The van der Waals surface area contributed by atoms with Gasteiger partial charge in [0.15, 0.2) is 11.5 Å². The Morgan fingerprint density at radius 2 is 1.95 bits per heavy atom. The van der Waals surface area contributed by atoms with Crippen LogP contribution in [-0.4, -0.2) is 51.1 Å². The number of carbonyl (C=O) groups excluding carboxylic acids is 1.